The summed E-state index contributed by atoms with van der Waals surface area (Å²) in [4.78, 5) is 23.9. The molecule has 1 aliphatic heterocycles. The monoisotopic (exact) mass is 448 g/mol. The van der Waals surface area contributed by atoms with E-state index in [4.69, 9.17) is 27.9 Å². The zero-order valence-corrected chi connectivity index (χ0v) is 17.7. The second-order valence-electron chi connectivity index (χ2n) is 6.34. The summed E-state index contributed by atoms with van der Waals surface area (Å²) in [6, 6.07) is 4.49. The molecule has 1 saturated heterocycles. The van der Waals surface area contributed by atoms with Gasteiger partial charge in [-0.25, -0.2) is 8.42 Å². The van der Waals surface area contributed by atoms with Gasteiger partial charge in [0, 0.05) is 19.6 Å². The van der Waals surface area contributed by atoms with E-state index in [9.17, 15) is 18.0 Å². The average Bonchev–Trinajstić information content (AvgIpc) is 2.65. The molecule has 1 heterocycles. The second-order valence-corrected chi connectivity index (χ2v) is 9.03. The molecule has 1 fully saturated rings. The zero-order chi connectivity index (χ0) is 20.9. The minimum absolute atomic E-state index is 0.0494. The van der Waals surface area contributed by atoms with E-state index in [0.29, 0.717) is 0 Å². The molecule has 0 aliphatic carbocycles. The van der Waals surface area contributed by atoms with Crippen LogP contribution in [0.5, 0.6) is 0 Å². The Hall–Kier alpha value is -1.61. The predicted molar refractivity (Wildman–Crippen MR) is 107 cm³/mol. The number of amides is 1. The number of rotatable bonds is 7. The van der Waals surface area contributed by atoms with Gasteiger partial charge in [-0.3, -0.25) is 9.59 Å². The summed E-state index contributed by atoms with van der Waals surface area (Å²) in [5.41, 5.74) is 0. The van der Waals surface area contributed by atoms with Gasteiger partial charge in [0.15, 0.2) is 6.10 Å². The third kappa shape index (κ3) is 5.26. The molecule has 1 aromatic carbocycles. The summed E-state index contributed by atoms with van der Waals surface area (Å²) >= 11 is 12.1. The molecular formula is C18H22Cl2N2O5S. The maximum atomic E-state index is 12.9. The molecule has 0 saturated carbocycles. The van der Waals surface area contributed by atoms with Crippen LogP contribution in [0.4, 0.5) is 0 Å². The van der Waals surface area contributed by atoms with Crippen LogP contribution in [0.3, 0.4) is 0 Å². The number of hydrogen-bond acceptors (Lipinski definition) is 5. The molecule has 28 heavy (non-hydrogen) atoms. The summed E-state index contributed by atoms with van der Waals surface area (Å²) < 4.78 is 32.2. The first kappa shape index (κ1) is 22.7. The van der Waals surface area contributed by atoms with Crippen molar-refractivity contribution in [1.82, 2.24) is 9.62 Å². The van der Waals surface area contributed by atoms with Gasteiger partial charge < -0.3 is 10.1 Å². The van der Waals surface area contributed by atoms with Crippen molar-refractivity contribution < 1.29 is 22.7 Å². The largest absolute Gasteiger partial charge is 0.452 e. The Morgan fingerprint density at radius 3 is 2.43 bits per heavy atom. The molecule has 1 atom stereocenters. The minimum atomic E-state index is -3.88. The Balaban J connectivity index is 1.97. The topological polar surface area (TPSA) is 92.8 Å². The SMILES string of the molecule is C=CCNC(=O)C(C)OC(=O)C1CCN(S(=O)(=O)c2c(Cl)cccc2Cl)CC1. The molecule has 1 aliphatic rings. The van der Waals surface area contributed by atoms with Crippen molar-refractivity contribution >= 4 is 45.1 Å². The number of hydrogen-bond donors (Lipinski definition) is 1. The lowest BCUT2D eigenvalue weighted by Gasteiger charge is -2.31. The van der Waals surface area contributed by atoms with Crippen LogP contribution >= 0.6 is 23.2 Å². The van der Waals surface area contributed by atoms with E-state index in [1.54, 1.807) is 6.07 Å². The highest BCUT2D eigenvalue weighted by Crippen LogP contribution is 2.33. The molecule has 0 spiro atoms. The van der Waals surface area contributed by atoms with Gasteiger partial charge in [-0.2, -0.15) is 4.31 Å². The molecule has 10 heteroatoms. The first-order valence-corrected chi connectivity index (χ1v) is 10.9. The van der Waals surface area contributed by atoms with Gasteiger partial charge in [-0.1, -0.05) is 35.3 Å². The Labute approximate surface area is 174 Å². The standard InChI is InChI=1S/C18H22Cl2N2O5S/c1-3-9-21-17(23)12(2)27-18(24)13-7-10-22(11-8-13)28(25,26)16-14(19)5-4-6-15(16)20/h3-6,12-13H,1,7-11H2,2H3,(H,21,23). The summed E-state index contributed by atoms with van der Waals surface area (Å²) in [6.07, 6.45) is 1.15. The first-order valence-electron chi connectivity index (χ1n) is 8.71. The number of benzene rings is 1. The molecule has 0 aromatic heterocycles. The van der Waals surface area contributed by atoms with Gasteiger partial charge >= 0.3 is 5.97 Å². The smallest absolute Gasteiger partial charge is 0.309 e. The molecule has 1 amide bonds. The van der Waals surface area contributed by atoms with Crippen LogP contribution in [0.1, 0.15) is 19.8 Å². The van der Waals surface area contributed by atoms with Gasteiger partial charge in [0.05, 0.1) is 16.0 Å². The van der Waals surface area contributed by atoms with E-state index in [2.05, 4.69) is 11.9 Å². The fraction of sp³-hybridized carbons (Fsp3) is 0.444. The molecule has 7 nitrogen and oxygen atoms in total. The number of halogens is 2. The molecule has 0 bridgehead atoms. The lowest BCUT2D eigenvalue weighted by atomic mass is 9.98. The molecular weight excluding hydrogens is 427 g/mol. The molecule has 2 rings (SSSR count). The molecule has 1 aromatic rings. The molecule has 1 unspecified atom stereocenters. The van der Waals surface area contributed by atoms with Crippen LogP contribution in [0.15, 0.2) is 35.7 Å². The van der Waals surface area contributed by atoms with Gasteiger partial charge in [-0.05, 0) is 31.9 Å². The number of sulfonamides is 1. The fourth-order valence-electron chi connectivity index (χ4n) is 2.83. The Bertz CT molecular complexity index is 831. The van der Waals surface area contributed by atoms with Gasteiger partial charge in [0.1, 0.15) is 4.90 Å². The lowest BCUT2D eigenvalue weighted by molar-refractivity contribution is -0.159. The lowest BCUT2D eigenvalue weighted by Crippen LogP contribution is -2.42. The zero-order valence-electron chi connectivity index (χ0n) is 15.4. The van der Waals surface area contributed by atoms with Crippen molar-refractivity contribution in [3.05, 3.63) is 40.9 Å². The Kier molecular flexibility index (Phi) is 7.88. The summed E-state index contributed by atoms with van der Waals surface area (Å²) in [7, 11) is -3.88. The quantitative estimate of drug-likeness (QED) is 0.511. The van der Waals surface area contributed by atoms with E-state index in [-0.39, 0.29) is 47.4 Å². The first-order chi connectivity index (χ1) is 13.2. The number of ether oxygens (including phenoxy) is 1. The number of piperidine rings is 1. The van der Waals surface area contributed by atoms with Crippen LogP contribution in [-0.4, -0.2) is 50.3 Å². The molecule has 1 N–H and O–H groups in total. The van der Waals surface area contributed by atoms with Crippen LogP contribution in [-0.2, 0) is 24.3 Å². The third-order valence-electron chi connectivity index (χ3n) is 4.39. The highest BCUT2D eigenvalue weighted by atomic mass is 35.5. The average molecular weight is 449 g/mol. The summed E-state index contributed by atoms with van der Waals surface area (Å²) in [5.74, 6) is -1.42. The van der Waals surface area contributed by atoms with Crippen molar-refractivity contribution in [3.63, 3.8) is 0 Å². The van der Waals surface area contributed by atoms with E-state index in [1.807, 2.05) is 0 Å². The van der Waals surface area contributed by atoms with Gasteiger partial charge in [0.25, 0.3) is 5.91 Å². The summed E-state index contributed by atoms with van der Waals surface area (Å²) in [6.45, 7) is 5.51. The van der Waals surface area contributed by atoms with Crippen molar-refractivity contribution in [1.29, 1.82) is 0 Å². The molecule has 0 radical (unpaired) electrons. The number of nitrogens with one attached hydrogen (secondary N) is 1. The maximum absolute atomic E-state index is 12.9. The minimum Gasteiger partial charge on any atom is -0.452 e. The van der Waals surface area contributed by atoms with Crippen molar-refractivity contribution in [2.75, 3.05) is 19.6 Å². The Morgan fingerprint density at radius 2 is 1.89 bits per heavy atom. The van der Waals surface area contributed by atoms with Gasteiger partial charge in [-0.15, -0.1) is 6.58 Å². The predicted octanol–water partition coefficient (Wildman–Crippen LogP) is 2.63. The van der Waals surface area contributed by atoms with Gasteiger partial charge in [0.2, 0.25) is 10.0 Å². The van der Waals surface area contributed by atoms with Crippen LogP contribution in [0.25, 0.3) is 0 Å². The number of carbonyl (C=O) groups is 2. The van der Waals surface area contributed by atoms with Crippen LogP contribution < -0.4 is 5.32 Å². The Morgan fingerprint density at radius 1 is 1.32 bits per heavy atom. The van der Waals surface area contributed by atoms with Crippen LogP contribution in [0, 0.1) is 5.92 Å². The number of esters is 1. The number of carbonyl (C=O) groups excluding carboxylic acids is 2. The van der Waals surface area contributed by atoms with Crippen molar-refractivity contribution in [3.8, 4) is 0 Å². The fourth-order valence-corrected chi connectivity index (χ4v) is 5.39. The normalized spacial score (nSPS) is 17.0. The van der Waals surface area contributed by atoms with Crippen molar-refractivity contribution in [2.45, 2.75) is 30.8 Å². The van der Waals surface area contributed by atoms with Crippen LogP contribution in [0.2, 0.25) is 10.0 Å². The van der Waals surface area contributed by atoms with E-state index in [0.717, 1.165) is 0 Å². The second kappa shape index (κ2) is 9.73. The van der Waals surface area contributed by atoms with E-state index in [1.165, 1.54) is 29.4 Å². The van der Waals surface area contributed by atoms with E-state index >= 15 is 0 Å². The summed E-state index contributed by atoms with van der Waals surface area (Å²) in [5, 5.41) is 2.65. The molecule has 154 valence electrons. The van der Waals surface area contributed by atoms with Crippen molar-refractivity contribution in [2.24, 2.45) is 5.92 Å². The maximum Gasteiger partial charge on any atom is 0.309 e. The highest BCUT2D eigenvalue weighted by molar-refractivity contribution is 7.89. The highest BCUT2D eigenvalue weighted by Gasteiger charge is 2.35. The number of nitrogens with zero attached hydrogens (tertiary/aromatic N) is 1. The third-order valence-corrected chi connectivity index (χ3v) is 7.24. The van der Waals surface area contributed by atoms with E-state index < -0.39 is 33.9 Å².